The Morgan fingerprint density at radius 2 is 2.16 bits per heavy atom. The van der Waals surface area contributed by atoms with Gasteiger partial charge in [0.15, 0.2) is 0 Å². The lowest BCUT2D eigenvalue weighted by atomic mass is 9.90. The number of carbonyl (C=O) groups is 1. The smallest absolute Gasteiger partial charge is 0.327 e. The Kier molecular flexibility index (Phi) is 2.80. The maximum absolute atomic E-state index is 11.5. The Labute approximate surface area is 116 Å². The molecule has 1 fully saturated rings. The molecule has 4 rings (SSSR count). The van der Waals surface area contributed by atoms with Crippen LogP contribution >= 0.6 is 12.4 Å². The molecule has 2 N–H and O–H groups in total. The second-order valence-corrected chi connectivity index (χ2v) is 5.22. The van der Waals surface area contributed by atoms with E-state index >= 15 is 0 Å². The molecular weight excluding hydrogens is 264 g/mol. The highest BCUT2D eigenvalue weighted by molar-refractivity contribution is 5.89. The number of halogens is 1. The van der Waals surface area contributed by atoms with E-state index in [9.17, 15) is 9.90 Å². The van der Waals surface area contributed by atoms with Crippen molar-refractivity contribution < 1.29 is 9.90 Å². The summed E-state index contributed by atoms with van der Waals surface area (Å²) in [7, 11) is 0. The van der Waals surface area contributed by atoms with Crippen molar-refractivity contribution in [3.63, 3.8) is 0 Å². The number of hydrogen-bond donors (Lipinski definition) is 2. The molecule has 0 amide bonds. The van der Waals surface area contributed by atoms with Crippen LogP contribution in [0.1, 0.15) is 29.6 Å². The van der Waals surface area contributed by atoms with Gasteiger partial charge >= 0.3 is 5.97 Å². The van der Waals surface area contributed by atoms with Gasteiger partial charge in [-0.2, -0.15) is 0 Å². The molecule has 0 spiro atoms. The topological polar surface area (TPSA) is 56.3 Å². The first-order chi connectivity index (χ1) is 8.75. The molecule has 1 aromatic heterocycles. The molecule has 0 aliphatic carbocycles. The SMILES string of the molecule is Cl.O=C(O)C1c2[nH]c3ccccc3c2C2CCN1C2. The molecule has 19 heavy (non-hydrogen) atoms. The van der Waals surface area contributed by atoms with Crippen LogP contribution in [0.15, 0.2) is 24.3 Å². The van der Waals surface area contributed by atoms with Gasteiger partial charge in [-0.1, -0.05) is 18.2 Å². The molecule has 1 saturated heterocycles. The van der Waals surface area contributed by atoms with Crippen LogP contribution in [0.25, 0.3) is 10.9 Å². The van der Waals surface area contributed by atoms with E-state index in [-0.39, 0.29) is 12.4 Å². The van der Waals surface area contributed by atoms with Gasteiger partial charge < -0.3 is 10.1 Å². The maximum atomic E-state index is 11.5. The lowest BCUT2D eigenvalue weighted by Gasteiger charge is -2.29. The molecule has 5 heteroatoms. The van der Waals surface area contributed by atoms with Gasteiger partial charge in [0, 0.05) is 29.1 Å². The van der Waals surface area contributed by atoms with Gasteiger partial charge in [0.1, 0.15) is 6.04 Å². The minimum absolute atomic E-state index is 0. The molecule has 3 heterocycles. The highest BCUT2D eigenvalue weighted by Gasteiger charge is 2.43. The fourth-order valence-corrected chi connectivity index (χ4v) is 3.56. The van der Waals surface area contributed by atoms with Crippen molar-refractivity contribution in [2.45, 2.75) is 18.4 Å². The molecule has 100 valence electrons. The number of carboxylic acids is 1. The second-order valence-electron chi connectivity index (χ2n) is 5.22. The van der Waals surface area contributed by atoms with E-state index in [0.29, 0.717) is 5.92 Å². The van der Waals surface area contributed by atoms with Crippen molar-refractivity contribution in [2.75, 3.05) is 13.1 Å². The van der Waals surface area contributed by atoms with Crippen LogP contribution in [-0.2, 0) is 4.79 Å². The Morgan fingerprint density at radius 1 is 1.37 bits per heavy atom. The van der Waals surface area contributed by atoms with Crippen molar-refractivity contribution in [1.29, 1.82) is 0 Å². The van der Waals surface area contributed by atoms with Crippen molar-refractivity contribution in [3.8, 4) is 0 Å². The first-order valence-corrected chi connectivity index (χ1v) is 6.33. The largest absolute Gasteiger partial charge is 0.480 e. The second kappa shape index (κ2) is 4.25. The molecule has 1 aromatic carbocycles. The molecule has 2 bridgehead atoms. The highest BCUT2D eigenvalue weighted by atomic mass is 35.5. The molecule has 3 atom stereocenters. The molecule has 2 aliphatic heterocycles. The average Bonchev–Trinajstić information content (AvgIpc) is 2.91. The fourth-order valence-electron chi connectivity index (χ4n) is 3.56. The van der Waals surface area contributed by atoms with E-state index in [2.05, 4.69) is 16.0 Å². The lowest BCUT2D eigenvalue weighted by molar-refractivity contribution is -0.143. The van der Waals surface area contributed by atoms with Crippen molar-refractivity contribution >= 4 is 29.3 Å². The Bertz CT molecular complexity index is 652. The predicted molar refractivity (Wildman–Crippen MR) is 74.9 cm³/mol. The zero-order valence-electron chi connectivity index (χ0n) is 10.3. The quantitative estimate of drug-likeness (QED) is 0.843. The number of H-pyrrole nitrogens is 1. The van der Waals surface area contributed by atoms with Crippen LogP contribution in [0, 0.1) is 0 Å². The Balaban J connectivity index is 0.00000110. The third-order valence-electron chi connectivity index (χ3n) is 4.28. The molecule has 2 aromatic rings. The number of hydrogen-bond acceptors (Lipinski definition) is 2. The minimum Gasteiger partial charge on any atom is -0.480 e. The first-order valence-electron chi connectivity index (χ1n) is 6.33. The third-order valence-corrected chi connectivity index (χ3v) is 4.28. The van der Waals surface area contributed by atoms with Gasteiger partial charge in [-0.15, -0.1) is 12.4 Å². The number of benzene rings is 1. The number of rotatable bonds is 1. The summed E-state index contributed by atoms with van der Waals surface area (Å²) in [4.78, 5) is 16.9. The van der Waals surface area contributed by atoms with E-state index in [4.69, 9.17) is 0 Å². The summed E-state index contributed by atoms with van der Waals surface area (Å²) in [5, 5.41) is 10.7. The van der Waals surface area contributed by atoms with E-state index in [1.54, 1.807) is 0 Å². The minimum atomic E-state index is -0.747. The average molecular weight is 279 g/mol. The van der Waals surface area contributed by atoms with Gasteiger partial charge in [0.2, 0.25) is 0 Å². The number of carboxylic acid groups (broad SMARTS) is 1. The standard InChI is InChI=1S/C14H14N2O2.ClH/c17-14(18)13-12-11(8-5-6-16(13)7-8)9-3-1-2-4-10(9)15-12;/h1-4,8,13,15H,5-7H2,(H,17,18);1H. The van der Waals surface area contributed by atoms with Crippen LogP contribution < -0.4 is 0 Å². The summed E-state index contributed by atoms with van der Waals surface area (Å²) >= 11 is 0. The number of para-hydroxylation sites is 1. The fraction of sp³-hybridized carbons (Fsp3) is 0.357. The summed E-state index contributed by atoms with van der Waals surface area (Å²) < 4.78 is 0. The van der Waals surface area contributed by atoms with E-state index in [1.165, 1.54) is 10.9 Å². The van der Waals surface area contributed by atoms with E-state index in [0.717, 1.165) is 30.7 Å². The molecule has 4 nitrogen and oxygen atoms in total. The van der Waals surface area contributed by atoms with Gasteiger partial charge in [0.05, 0.1) is 0 Å². The van der Waals surface area contributed by atoms with Crippen molar-refractivity contribution in [2.24, 2.45) is 0 Å². The van der Waals surface area contributed by atoms with Crippen LogP contribution in [-0.4, -0.2) is 34.0 Å². The molecular formula is C14H15ClN2O2. The van der Waals surface area contributed by atoms with Gasteiger partial charge in [0.25, 0.3) is 0 Å². The van der Waals surface area contributed by atoms with Crippen LogP contribution in [0.5, 0.6) is 0 Å². The predicted octanol–water partition coefficient (Wildman–Crippen LogP) is 2.52. The number of nitrogens with one attached hydrogen (secondary N) is 1. The highest BCUT2D eigenvalue weighted by Crippen LogP contribution is 2.45. The van der Waals surface area contributed by atoms with Gasteiger partial charge in [-0.25, -0.2) is 0 Å². The van der Waals surface area contributed by atoms with Gasteiger partial charge in [-0.3, -0.25) is 9.69 Å². The number of aromatic nitrogens is 1. The van der Waals surface area contributed by atoms with E-state index in [1.807, 2.05) is 18.2 Å². The normalized spacial score (nSPS) is 27.9. The van der Waals surface area contributed by atoms with Crippen LogP contribution in [0.3, 0.4) is 0 Å². The summed E-state index contributed by atoms with van der Waals surface area (Å²) in [6.45, 7) is 1.77. The lowest BCUT2D eigenvalue weighted by Crippen LogP contribution is -2.35. The number of aromatic amines is 1. The zero-order valence-corrected chi connectivity index (χ0v) is 11.1. The third kappa shape index (κ3) is 1.60. The molecule has 3 unspecified atom stereocenters. The summed E-state index contributed by atoms with van der Waals surface area (Å²) in [5.41, 5.74) is 3.20. The molecule has 2 aliphatic rings. The summed E-state index contributed by atoms with van der Waals surface area (Å²) in [6, 6.07) is 7.63. The number of fused-ring (bicyclic) bond motifs is 6. The monoisotopic (exact) mass is 278 g/mol. The Hall–Kier alpha value is -1.52. The first kappa shape index (κ1) is 12.5. The van der Waals surface area contributed by atoms with Crippen molar-refractivity contribution in [1.82, 2.24) is 9.88 Å². The van der Waals surface area contributed by atoms with Gasteiger partial charge in [-0.05, 0) is 24.6 Å². The zero-order chi connectivity index (χ0) is 12.3. The Morgan fingerprint density at radius 3 is 2.95 bits per heavy atom. The maximum Gasteiger partial charge on any atom is 0.327 e. The molecule has 0 radical (unpaired) electrons. The molecule has 0 saturated carbocycles. The van der Waals surface area contributed by atoms with E-state index < -0.39 is 12.0 Å². The van der Waals surface area contributed by atoms with Crippen LogP contribution in [0.2, 0.25) is 0 Å². The van der Waals surface area contributed by atoms with Crippen molar-refractivity contribution in [3.05, 3.63) is 35.5 Å². The summed E-state index contributed by atoms with van der Waals surface area (Å²) in [6.07, 6.45) is 1.07. The summed E-state index contributed by atoms with van der Waals surface area (Å²) in [5.74, 6) is -0.255. The number of nitrogens with zero attached hydrogens (tertiary/aromatic N) is 1. The number of aliphatic carboxylic acids is 1. The van der Waals surface area contributed by atoms with Crippen LogP contribution in [0.4, 0.5) is 0 Å².